The lowest BCUT2D eigenvalue weighted by Crippen LogP contribution is -2.15. The molecular formula is C10H16N2O4. The van der Waals surface area contributed by atoms with Crippen molar-refractivity contribution in [3.8, 4) is 5.75 Å². The van der Waals surface area contributed by atoms with Crippen molar-refractivity contribution in [2.45, 2.75) is 19.8 Å². The van der Waals surface area contributed by atoms with Crippen molar-refractivity contribution < 1.29 is 14.9 Å². The number of aliphatic hydroxyl groups excluding tert-OH is 1. The topological polar surface area (TPSA) is 95.4 Å². The molecule has 1 rings (SSSR count). The zero-order valence-electron chi connectivity index (χ0n) is 9.19. The van der Waals surface area contributed by atoms with E-state index in [2.05, 4.69) is 9.97 Å². The van der Waals surface area contributed by atoms with E-state index in [4.69, 9.17) is 9.84 Å². The molecule has 6 nitrogen and oxygen atoms in total. The van der Waals surface area contributed by atoms with Gasteiger partial charge in [0.1, 0.15) is 5.82 Å². The molecule has 0 saturated carbocycles. The second-order valence-corrected chi connectivity index (χ2v) is 3.25. The fourth-order valence-electron chi connectivity index (χ4n) is 1.27. The van der Waals surface area contributed by atoms with E-state index in [0.717, 1.165) is 0 Å². The van der Waals surface area contributed by atoms with Crippen LogP contribution in [0, 0.1) is 0 Å². The van der Waals surface area contributed by atoms with Gasteiger partial charge in [0, 0.05) is 6.42 Å². The molecule has 1 aromatic heterocycles. The molecule has 6 heteroatoms. The molecule has 0 spiro atoms. The van der Waals surface area contributed by atoms with Crippen LogP contribution in [-0.2, 0) is 17.6 Å². The molecule has 0 aliphatic carbocycles. The van der Waals surface area contributed by atoms with E-state index in [9.17, 15) is 9.90 Å². The van der Waals surface area contributed by atoms with Crippen LogP contribution in [0.2, 0.25) is 0 Å². The van der Waals surface area contributed by atoms with Crippen molar-refractivity contribution >= 4 is 0 Å². The Kier molecular flexibility index (Phi) is 4.94. The quantitative estimate of drug-likeness (QED) is 0.575. The lowest BCUT2D eigenvalue weighted by molar-refractivity contribution is 0.0935. The van der Waals surface area contributed by atoms with Gasteiger partial charge in [0.15, 0.2) is 0 Å². The molecule has 0 atom stereocenters. The highest BCUT2D eigenvalue weighted by Crippen LogP contribution is 2.08. The minimum absolute atomic E-state index is 0.0280. The normalized spacial score (nSPS) is 10.6. The van der Waals surface area contributed by atoms with Crippen LogP contribution in [0.5, 0.6) is 5.75 Å². The third kappa shape index (κ3) is 3.32. The number of hydrogen-bond acceptors (Lipinski definition) is 5. The molecule has 0 unspecified atom stereocenters. The standard InChI is InChI=1S/C10H16N2O4/c1-2-7-9(14)10(15)12-8(11-7)3-5-16-6-4-13/h13-14H,2-6H2,1H3,(H,11,12,15). The first-order valence-corrected chi connectivity index (χ1v) is 5.18. The maximum atomic E-state index is 11.3. The van der Waals surface area contributed by atoms with E-state index < -0.39 is 5.56 Å². The van der Waals surface area contributed by atoms with Gasteiger partial charge >= 0.3 is 0 Å². The summed E-state index contributed by atoms with van der Waals surface area (Å²) in [5, 5.41) is 17.9. The molecule has 0 aromatic carbocycles. The monoisotopic (exact) mass is 228 g/mol. The Morgan fingerprint density at radius 2 is 2.19 bits per heavy atom. The Balaban J connectivity index is 2.67. The number of aromatic nitrogens is 2. The Morgan fingerprint density at radius 3 is 2.81 bits per heavy atom. The van der Waals surface area contributed by atoms with Crippen LogP contribution in [0.25, 0.3) is 0 Å². The van der Waals surface area contributed by atoms with Gasteiger partial charge in [0.2, 0.25) is 5.75 Å². The van der Waals surface area contributed by atoms with Gasteiger partial charge < -0.3 is 19.9 Å². The summed E-state index contributed by atoms with van der Waals surface area (Å²) in [4.78, 5) is 17.9. The molecule has 0 amide bonds. The zero-order valence-corrected chi connectivity index (χ0v) is 9.19. The summed E-state index contributed by atoms with van der Waals surface area (Å²) in [6.45, 7) is 2.42. The molecule has 0 aliphatic heterocycles. The van der Waals surface area contributed by atoms with Crippen LogP contribution in [0.1, 0.15) is 18.4 Å². The number of H-pyrrole nitrogens is 1. The number of nitrogens with zero attached hydrogens (tertiary/aromatic N) is 1. The number of rotatable bonds is 6. The van der Waals surface area contributed by atoms with Crippen LogP contribution in [0.4, 0.5) is 0 Å². The summed E-state index contributed by atoms with van der Waals surface area (Å²) in [5.41, 5.74) is -0.134. The third-order valence-electron chi connectivity index (χ3n) is 2.07. The fourth-order valence-corrected chi connectivity index (χ4v) is 1.27. The molecule has 0 bridgehead atoms. The van der Waals surface area contributed by atoms with Crippen LogP contribution in [0.15, 0.2) is 4.79 Å². The number of aromatic hydroxyl groups is 1. The van der Waals surface area contributed by atoms with Gasteiger partial charge in [-0.05, 0) is 6.42 Å². The fraction of sp³-hybridized carbons (Fsp3) is 0.600. The maximum Gasteiger partial charge on any atom is 0.293 e. The summed E-state index contributed by atoms with van der Waals surface area (Å²) < 4.78 is 5.06. The first-order chi connectivity index (χ1) is 7.69. The van der Waals surface area contributed by atoms with Gasteiger partial charge in [0.05, 0.1) is 25.5 Å². The molecular weight excluding hydrogens is 212 g/mol. The SMILES string of the molecule is CCc1nc(CCOCCO)[nH]c(=O)c1O. The second-order valence-electron chi connectivity index (χ2n) is 3.25. The average Bonchev–Trinajstić information content (AvgIpc) is 2.29. The third-order valence-corrected chi connectivity index (χ3v) is 2.07. The number of hydrogen-bond donors (Lipinski definition) is 3. The lowest BCUT2D eigenvalue weighted by atomic mass is 10.3. The summed E-state index contributed by atoms with van der Waals surface area (Å²) >= 11 is 0. The van der Waals surface area contributed by atoms with Gasteiger partial charge in [0.25, 0.3) is 5.56 Å². The molecule has 90 valence electrons. The molecule has 1 heterocycles. The predicted molar refractivity (Wildman–Crippen MR) is 57.5 cm³/mol. The molecule has 3 N–H and O–H groups in total. The van der Waals surface area contributed by atoms with Crippen LogP contribution in [-0.4, -0.2) is 40.0 Å². The average molecular weight is 228 g/mol. The van der Waals surface area contributed by atoms with Crippen LogP contribution >= 0.6 is 0 Å². The van der Waals surface area contributed by atoms with E-state index in [-0.39, 0.29) is 19.0 Å². The smallest absolute Gasteiger partial charge is 0.293 e. The van der Waals surface area contributed by atoms with E-state index in [1.54, 1.807) is 0 Å². The number of aryl methyl sites for hydroxylation is 1. The first kappa shape index (κ1) is 12.7. The predicted octanol–water partition coefficient (Wildman–Crippen LogP) is -0.411. The summed E-state index contributed by atoms with van der Waals surface area (Å²) in [6.07, 6.45) is 0.947. The highest BCUT2D eigenvalue weighted by molar-refractivity contribution is 5.22. The van der Waals surface area contributed by atoms with Gasteiger partial charge in [-0.15, -0.1) is 0 Å². The van der Waals surface area contributed by atoms with Gasteiger partial charge in [-0.2, -0.15) is 0 Å². The van der Waals surface area contributed by atoms with Gasteiger partial charge in [-0.3, -0.25) is 4.79 Å². The minimum Gasteiger partial charge on any atom is -0.502 e. The Bertz CT molecular complexity index is 389. The first-order valence-electron chi connectivity index (χ1n) is 5.18. The van der Waals surface area contributed by atoms with Crippen molar-refractivity contribution in [3.63, 3.8) is 0 Å². The number of ether oxygens (including phenoxy) is 1. The largest absolute Gasteiger partial charge is 0.502 e. The minimum atomic E-state index is -0.524. The summed E-state index contributed by atoms with van der Waals surface area (Å²) in [7, 11) is 0. The number of aliphatic hydroxyl groups is 1. The Hall–Kier alpha value is -1.40. The van der Waals surface area contributed by atoms with Crippen LogP contribution < -0.4 is 5.56 Å². The van der Waals surface area contributed by atoms with Crippen molar-refractivity contribution in [1.82, 2.24) is 9.97 Å². The molecule has 0 fully saturated rings. The summed E-state index contributed by atoms with van der Waals surface area (Å²) in [5.74, 6) is 0.167. The van der Waals surface area contributed by atoms with Crippen LogP contribution in [0.3, 0.4) is 0 Å². The maximum absolute atomic E-state index is 11.3. The van der Waals surface area contributed by atoms with Crippen molar-refractivity contribution in [2.24, 2.45) is 0 Å². The second kappa shape index (κ2) is 6.24. The van der Waals surface area contributed by atoms with Crippen molar-refractivity contribution in [2.75, 3.05) is 19.8 Å². The lowest BCUT2D eigenvalue weighted by Gasteiger charge is -2.05. The Morgan fingerprint density at radius 1 is 1.44 bits per heavy atom. The summed E-state index contributed by atoms with van der Waals surface area (Å²) in [6, 6.07) is 0. The van der Waals surface area contributed by atoms with E-state index >= 15 is 0 Å². The molecule has 16 heavy (non-hydrogen) atoms. The Labute approximate surface area is 92.9 Å². The van der Waals surface area contributed by atoms with Gasteiger partial charge in [-0.25, -0.2) is 4.98 Å². The van der Waals surface area contributed by atoms with E-state index in [1.807, 2.05) is 6.92 Å². The highest BCUT2D eigenvalue weighted by atomic mass is 16.5. The molecule has 0 aliphatic rings. The van der Waals surface area contributed by atoms with Crippen molar-refractivity contribution in [1.29, 1.82) is 0 Å². The zero-order chi connectivity index (χ0) is 12.0. The van der Waals surface area contributed by atoms with E-state index in [0.29, 0.717) is 31.0 Å². The number of aromatic amines is 1. The van der Waals surface area contributed by atoms with Crippen molar-refractivity contribution in [3.05, 3.63) is 21.9 Å². The van der Waals surface area contributed by atoms with E-state index in [1.165, 1.54) is 0 Å². The highest BCUT2D eigenvalue weighted by Gasteiger charge is 2.07. The van der Waals surface area contributed by atoms with Gasteiger partial charge in [-0.1, -0.05) is 6.92 Å². The molecule has 0 saturated heterocycles. The molecule has 0 radical (unpaired) electrons. The number of nitrogens with one attached hydrogen (secondary N) is 1. The molecule has 1 aromatic rings.